The Bertz CT molecular complexity index is 294. The molecule has 0 bridgehead atoms. The first-order chi connectivity index (χ1) is 10.8. The van der Waals surface area contributed by atoms with E-state index in [-0.39, 0.29) is 0 Å². The molecular formula is C16H34N4O2. The first-order valence-corrected chi connectivity index (χ1v) is 8.66. The van der Waals surface area contributed by atoms with Gasteiger partial charge in [-0.2, -0.15) is 0 Å². The van der Waals surface area contributed by atoms with Gasteiger partial charge < -0.3 is 20.1 Å². The van der Waals surface area contributed by atoms with Crippen molar-refractivity contribution in [3.05, 3.63) is 0 Å². The lowest BCUT2D eigenvalue weighted by Crippen LogP contribution is -2.40. The molecule has 6 heteroatoms. The van der Waals surface area contributed by atoms with Crippen molar-refractivity contribution in [3.63, 3.8) is 0 Å². The van der Waals surface area contributed by atoms with Gasteiger partial charge >= 0.3 is 0 Å². The fourth-order valence-electron chi connectivity index (χ4n) is 2.40. The minimum absolute atomic E-state index is 0.553. The normalized spacial score (nSPS) is 18.2. The van der Waals surface area contributed by atoms with Gasteiger partial charge in [0.2, 0.25) is 0 Å². The Morgan fingerprint density at radius 3 is 2.73 bits per heavy atom. The fourth-order valence-corrected chi connectivity index (χ4v) is 2.40. The quantitative estimate of drug-likeness (QED) is 0.357. The van der Waals surface area contributed by atoms with Crippen molar-refractivity contribution in [3.8, 4) is 0 Å². The van der Waals surface area contributed by atoms with Crippen LogP contribution in [0.15, 0.2) is 4.99 Å². The van der Waals surface area contributed by atoms with E-state index >= 15 is 0 Å². The van der Waals surface area contributed by atoms with Crippen LogP contribution in [0.4, 0.5) is 0 Å². The average Bonchev–Trinajstić information content (AvgIpc) is 2.53. The Balaban J connectivity index is 2.23. The summed E-state index contributed by atoms with van der Waals surface area (Å²) in [5.74, 6) is 1.46. The molecule has 6 nitrogen and oxygen atoms in total. The van der Waals surface area contributed by atoms with Crippen LogP contribution < -0.4 is 10.6 Å². The van der Waals surface area contributed by atoms with Crippen LogP contribution in [0.5, 0.6) is 0 Å². The molecule has 1 rings (SSSR count). The number of guanidine groups is 1. The molecule has 0 amide bonds. The number of ether oxygens (including phenoxy) is 2. The van der Waals surface area contributed by atoms with Crippen LogP contribution in [0.2, 0.25) is 0 Å². The van der Waals surface area contributed by atoms with Crippen LogP contribution in [0.3, 0.4) is 0 Å². The van der Waals surface area contributed by atoms with E-state index in [9.17, 15) is 0 Å². The van der Waals surface area contributed by atoms with Crippen molar-refractivity contribution in [2.75, 3.05) is 65.7 Å². The minimum atomic E-state index is 0.553. The highest BCUT2D eigenvalue weighted by molar-refractivity contribution is 5.79. The number of hydrogen-bond acceptors (Lipinski definition) is 4. The van der Waals surface area contributed by atoms with Crippen molar-refractivity contribution in [2.45, 2.75) is 27.2 Å². The van der Waals surface area contributed by atoms with Crippen LogP contribution in [0.1, 0.15) is 27.2 Å². The molecule has 1 fully saturated rings. The molecule has 0 aromatic rings. The second kappa shape index (κ2) is 12.7. The van der Waals surface area contributed by atoms with Crippen molar-refractivity contribution in [1.29, 1.82) is 0 Å². The molecule has 1 heterocycles. The molecule has 22 heavy (non-hydrogen) atoms. The van der Waals surface area contributed by atoms with Gasteiger partial charge in [0, 0.05) is 52.5 Å². The third-order valence-corrected chi connectivity index (χ3v) is 3.54. The lowest BCUT2D eigenvalue weighted by molar-refractivity contribution is 0.0323. The zero-order valence-electron chi connectivity index (χ0n) is 14.6. The zero-order chi connectivity index (χ0) is 16.0. The summed E-state index contributed by atoms with van der Waals surface area (Å²) in [5.41, 5.74) is 0. The number of nitrogens with one attached hydrogen (secondary N) is 2. The lowest BCUT2D eigenvalue weighted by Gasteiger charge is -2.28. The van der Waals surface area contributed by atoms with Crippen molar-refractivity contribution < 1.29 is 9.47 Å². The van der Waals surface area contributed by atoms with E-state index in [2.05, 4.69) is 29.4 Å². The van der Waals surface area contributed by atoms with Crippen LogP contribution in [-0.4, -0.2) is 76.6 Å². The maximum Gasteiger partial charge on any atom is 0.191 e. The summed E-state index contributed by atoms with van der Waals surface area (Å²) < 4.78 is 10.7. The van der Waals surface area contributed by atoms with Crippen LogP contribution in [0, 0.1) is 5.92 Å². The molecule has 0 radical (unpaired) electrons. The van der Waals surface area contributed by atoms with Crippen LogP contribution in [0.25, 0.3) is 0 Å². The van der Waals surface area contributed by atoms with E-state index in [1.54, 1.807) is 0 Å². The maximum atomic E-state index is 5.38. The molecule has 1 aliphatic heterocycles. The number of nitrogens with zero attached hydrogens (tertiary/aromatic N) is 2. The average molecular weight is 314 g/mol. The van der Waals surface area contributed by atoms with Gasteiger partial charge in [-0.25, -0.2) is 0 Å². The van der Waals surface area contributed by atoms with Crippen LogP contribution >= 0.6 is 0 Å². The third kappa shape index (κ3) is 9.23. The molecular weight excluding hydrogens is 280 g/mol. The molecule has 1 aliphatic rings. The predicted molar refractivity (Wildman–Crippen MR) is 91.5 cm³/mol. The summed E-state index contributed by atoms with van der Waals surface area (Å²) >= 11 is 0. The van der Waals surface area contributed by atoms with E-state index in [4.69, 9.17) is 14.5 Å². The van der Waals surface area contributed by atoms with Crippen molar-refractivity contribution in [1.82, 2.24) is 15.5 Å². The van der Waals surface area contributed by atoms with Gasteiger partial charge in [-0.05, 0) is 26.2 Å². The monoisotopic (exact) mass is 314 g/mol. The zero-order valence-corrected chi connectivity index (χ0v) is 14.6. The Morgan fingerprint density at radius 1 is 1.27 bits per heavy atom. The molecule has 0 aliphatic carbocycles. The largest absolute Gasteiger partial charge is 0.382 e. The Morgan fingerprint density at radius 2 is 2.05 bits per heavy atom. The van der Waals surface area contributed by atoms with Gasteiger partial charge in [-0.3, -0.25) is 9.89 Å². The summed E-state index contributed by atoms with van der Waals surface area (Å²) in [6, 6.07) is 0. The molecule has 2 N–H and O–H groups in total. The van der Waals surface area contributed by atoms with E-state index < -0.39 is 0 Å². The van der Waals surface area contributed by atoms with Crippen molar-refractivity contribution in [2.24, 2.45) is 10.9 Å². The molecule has 1 atom stereocenters. The third-order valence-electron chi connectivity index (χ3n) is 3.54. The Labute approximate surface area is 135 Å². The summed E-state index contributed by atoms with van der Waals surface area (Å²) in [7, 11) is 0. The van der Waals surface area contributed by atoms with Gasteiger partial charge in [0.1, 0.15) is 0 Å². The lowest BCUT2D eigenvalue weighted by atomic mass is 10.1. The highest BCUT2D eigenvalue weighted by Crippen LogP contribution is 2.03. The van der Waals surface area contributed by atoms with E-state index in [0.717, 1.165) is 78.1 Å². The number of hydrogen-bond donors (Lipinski definition) is 2. The van der Waals surface area contributed by atoms with Crippen molar-refractivity contribution >= 4 is 5.96 Å². The fraction of sp³-hybridized carbons (Fsp3) is 0.938. The van der Waals surface area contributed by atoms with E-state index in [0.29, 0.717) is 5.92 Å². The minimum Gasteiger partial charge on any atom is -0.382 e. The van der Waals surface area contributed by atoms with Gasteiger partial charge in [0.15, 0.2) is 5.96 Å². The highest BCUT2D eigenvalue weighted by atomic mass is 16.5. The summed E-state index contributed by atoms with van der Waals surface area (Å²) in [5, 5.41) is 6.66. The Kier molecular flexibility index (Phi) is 11.1. The molecule has 130 valence electrons. The second-order valence-electron chi connectivity index (χ2n) is 5.72. The van der Waals surface area contributed by atoms with Gasteiger partial charge in [0.25, 0.3) is 0 Å². The Hall–Kier alpha value is -0.850. The van der Waals surface area contributed by atoms with Gasteiger partial charge in [-0.1, -0.05) is 6.92 Å². The van der Waals surface area contributed by atoms with E-state index in [1.165, 1.54) is 0 Å². The molecule has 0 aromatic carbocycles. The molecule has 0 saturated carbocycles. The summed E-state index contributed by atoms with van der Waals surface area (Å²) in [6.45, 7) is 15.5. The predicted octanol–water partition coefficient (Wildman–Crippen LogP) is 0.936. The molecule has 1 unspecified atom stereocenters. The molecule has 0 aromatic heterocycles. The van der Waals surface area contributed by atoms with Gasteiger partial charge in [-0.15, -0.1) is 0 Å². The second-order valence-corrected chi connectivity index (χ2v) is 5.72. The summed E-state index contributed by atoms with van der Waals surface area (Å²) in [6.07, 6.45) is 1.00. The molecule has 0 spiro atoms. The van der Waals surface area contributed by atoms with Crippen LogP contribution in [-0.2, 0) is 9.47 Å². The number of aliphatic imine (C=N–C) groups is 1. The maximum absolute atomic E-state index is 5.38. The first kappa shape index (κ1) is 19.2. The first-order valence-electron chi connectivity index (χ1n) is 8.66. The molecule has 1 saturated heterocycles. The smallest absolute Gasteiger partial charge is 0.191 e. The van der Waals surface area contributed by atoms with Gasteiger partial charge in [0.05, 0.1) is 13.2 Å². The number of rotatable bonds is 10. The summed E-state index contributed by atoms with van der Waals surface area (Å²) in [4.78, 5) is 7.16. The van der Waals surface area contributed by atoms with E-state index in [1.807, 2.05) is 6.92 Å². The standard InChI is InChI=1S/C16H34N4O2/c1-4-17-16(18-7-6-10-21-5-2)19-13-15(3)14-20-8-11-22-12-9-20/h15H,4-14H2,1-3H3,(H2,17,18,19). The topological polar surface area (TPSA) is 58.1 Å². The SMILES string of the molecule is CCNC(=NCC(C)CN1CCOCC1)NCCCOCC. The highest BCUT2D eigenvalue weighted by Gasteiger charge is 2.13. The number of morpholine rings is 1.